The second-order valence-corrected chi connectivity index (χ2v) is 4.92. The van der Waals surface area contributed by atoms with E-state index in [1.165, 1.54) is 17.5 Å². The maximum atomic E-state index is 11.9. The van der Waals surface area contributed by atoms with Crippen LogP contribution < -0.4 is 21.9 Å². The fraction of sp³-hybridized carbons (Fsp3) is 0.182. The lowest BCUT2D eigenvalue weighted by Crippen LogP contribution is -2.47. The highest BCUT2D eigenvalue weighted by Crippen LogP contribution is 2.10. The highest BCUT2D eigenvalue weighted by atomic mass is 32.1. The van der Waals surface area contributed by atoms with Crippen LogP contribution in [0.25, 0.3) is 0 Å². The van der Waals surface area contributed by atoms with Gasteiger partial charge in [0.2, 0.25) is 0 Å². The topological polar surface area (TPSA) is 157 Å². The number of H-pyrrole nitrogens is 2. The number of thiazole rings is 1. The van der Waals surface area contributed by atoms with Crippen molar-refractivity contribution in [1.82, 2.24) is 20.3 Å². The molecule has 116 valence electrons. The average Bonchev–Trinajstić information content (AvgIpc) is 2.97. The van der Waals surface area contributed by atoms with E-state index in [1.54, 1.807) is 5.38 Å². The molecule has 22 heavy (non-hydrogen) atoms. The summed E-state index contributed by atoms with van der Waals surface area (Å²) in [5.74, 6) is -1.60. The fourth-order valence-electron chi connectivity index (χ4n) is 1.49. The SMILES string of the molecule is O=C(N[C@@H](CO)C(=O)Nc1nccs1)c1c[nH]c(=O)[nH]c1=O. The Kier molecular flexibility index (Phi) is 4.80. The quantitative estimate of drug-likeness (QED) is 0.438. The van der Waals surface area contributed by atoms with Gasteiger partial charge in [0.25, 0.3) is 17.4 Å². The largest absolute Gasteiger partial charge is 0.394 e. The van der Waals surface area contributed by atoms with Gasteiger partial charge in [-0.1, -0.05) is 0 Å². The molecule has 0 bridgehead atoms. The normalized spacial score (nSPS) is 11.7. The molecule has 0 spiro atoms. The van der Waals surface area contributed by atoms with E-state index in [0.29, 0.717) is 5.13 Å². The van der Waals surface area contributed by atoms with Crippen LogP contribution in [0.4, 0.5) is 5.13 Å². The van der Waals surface area contributed by atoms with Gasteiger partial charge in [0, 0.05) is 17.8 Å². The first-order valence-corrected chi connectivity index (χ1v) is 6.83. The van der Waals surface area contributed by atoms with E-state index in [4.69, 9.17) is 0 Å². The molecular formula is C11H11N5O5S. The van der Waals surface area contributed by atoms with Crippen LogP contribution in [0.1, 0.15) is 10.4 Å². The molecule has 2 amide bonds. The molecule has 10 nitrogen and oxygen atoms in total. The zero-order valence-corrected chi connectivity index (χ0v) is 11.8. The third-order valence-electron chi connectivity index (χ3n) is 2.53. The summed E-state index contributed by atoms with van der Waals surface area (Å²) in [5.41, 5.74) is -2.06. The van der Waals surface area contributed by atoms with E-state index in [-0.39, 0.29) is 5.56 Å². The lowest BCUT2D eigenvalue weighted by atomic mass is 10.2. The van der Waals surface area contributed by atoms with Gasteiger partial charge < -0.3 is 20.7 Å². The summed E-state index contributed by atoms with van der Waals surface area (Å²) < 4.78 is 0. The number of aliphatic hydroxyl groups is 1. The van der Waals surface area contributed by atoms with Crippen molar-refractivity contribution in [1.29, 1.82) is 0 Å². The van der Waals surface area contributed by atoms with Gasteiger partial charge in [-0.2, -0.15) is 0 Å². The van der Waals surface area contributed by atoms with Crippen molar-refractivity contribution in [3.05, 3.63) is 44.2 Å². The molecule has 0 aromatic carbocycles. The smallest absolute Gasteiger partial charge is 0.325 e. The summed E-state index contributed by atoms with van der Waals surface area (Å²) >= 11 is 1.17. The Labute approximate surface area is 126 Å². The first kappa shape index (κ1) is 15.6. The lowest BCUT2D eigenvalue weighted by molar-refractivity contribution is -0.118. The van der Waals surface area contributed by atoms with Gasteiger partial charge in [-0.3, -0.25) is 19.4 Å². The standard InChI is InChI=1S/C11H11N5O5S/c17-4-6(9(20)16-11-12-1-2-22-11)14-7(18)5-3-13-10(21)15-8(5)19/h1-3,6,17H,4H2,(H,14,18)(H,12,16,20)(H2,13,15,19,21)/t6-/m0/s1. The summed E-state index contributed by atoms with van der Waals surface area (Å²) in [6, 6.07) is -1.28. The molecule has 0 saturated heterocycles. The van der Waals surface area contributed by atoms with Crippen LogP contribution in [-0.4, -0.2) is 44.5 Å². The number of aliphatic hydroxyl groups excluding tert-OH is 1. The Morgan fingerprint density at radius 2 is 2.18 bits per heavy atom. The molecule has 2 heterocycles. The number of rotatable bonds is 5. The number of nitrogens with zero attached hydrogens (tertiary/aromatic N) is 1. The summed E-state index contributed by atoms with van der Waals surface area (Å²) in [5, 5.41) is 15.7. The monoisotopic (exact) mass is 325 g/mol. The third kappa shape index (κ3) is 3.65. The summed E-state index contributed by atoms with van der Waals surface area (Å²) in [6.07, 6.45) is 2.40. The zero-order chi connectivity index (χ0) is 16.1. The second kappa shape index (κ2) is 6.78. The predicted molar refractivity (Wildman–Crippen MR) is 76.8 cm³/mol. The van der Waals surface area contributed by atoms with Crippen molar-refractivity contribution >= 4 is 28.3 Å². The van der Waals surface area contributed by atoms with E-state index in [2.05, 4.69) is 20.6 Å². The summed E-state index contributed by atoms with van der Waals surface area (Å²) in [6.45, 7) is -0.676. The molecule has 0 aliphatic carbocycles. The summed E-state index contributed by atoms with van der Waals surface area (Å²) in [4.78, 5) is 54.0. The van der Waals surface area contributed by atoms with Crippen molar-refractivity contribution in [2.24, 2.45) is 0 Å². The summed E-state index contributed by atoms with van der Waals surface area (Å²) in [7, 11) is 0. The molecule has 0 radical (unpaired) electrons. The minimum absolute atomic E-state index is 0.305. The minimum atomic E-state index is -1.28. The Morgan fingerprint density at radius 1 is 1.41 bits per heavy atom. The van der Waals surface area contributed by atoms with Gasteiger partial charge in [-0.25, -0.2) is 9.78 Å². The highest BCUT2D eigenvalue weighted by molar-refractivity contribution is 7.13. The van der Waals surface area contributed by atoms with E-state index in [0.717, 1.165) is 6.20 Å². The number of amides is 2. The van der Waals surface area contributed by atoms with Crippen molar-refractivity contribution < 1.29 is 14.7 Å². The number of carbonyl (C=O) groups is 2. The molecule has 11 heteroatoms. The number of anilines is 1. The number of nitrogens with one attached hydrogen (secondary N) is 4. The predicted octanol–water partition coefficient (Wildman–Crippen LogP) is -1.75. The van der Waals surface area contributed by atoms with Crippen LogP contribution in [0.3, 0.4) is 0 Å². The molecule has 2 aromatic heterocycles. The van der Waals surface area contributed by atoms with Crippen LogP contribution >= 0.6 is 11.3 Å². The van der Waals surface area contributed by atoms with Crippen LogP contribution in [0.15, 0.2) is 27.4 Å². The zero-order valence-electron chi connectivity index (χ0n) is 11.0. The fourth-order valence-corrected chi connectivity index (χ4v) is 2.02. The molecule has 0 aliphatic rings. The van der Waals surface area contributed by atoms with Crippen molar-refractivity contribution in [2.45, 2.75) is 6.04 Å². The van der Waals surface area contributed by atoms with E-state index < -0.39 is 35.7 Å². The van der Waals surface area contributed by atoms with Gasteiger partial charge in [0.05, 0.1) is 6.61 Å². The maximum Gasteiger partial charge on any atom is 0.325 e. The van der Waals surface area contributed by atoms with Crippen molar-refractivity contribution in [2.75, 3.05) is 11.9 Å². The average molecular weight is 325 g/mol. The Bertz CT molecular complexity index is 781. The van der Waals surface area contributed by atoms with Crippen molar-refractivity contribution in [3.8, 4) is 0 Å². The maximum absolute atomic E-state index is 11.9. The Morgan fingerprint density at radius 3 is 2.77 bits per heavy atom. The Hall–Kier alpha value is -2.79. The second-order valence-electron chi connectivity index (χ2n) is 4.02. The van der Waals surface area contributed by atoms with Gasteiger partial charge >= 0.3 is 5.69 Å². The number of hydrogen-bond donors (Lipinski definition) is 5. The van der Waals surface area contributed by atoms with Crippen LogP contribution in [-0.2, 0) is 4.79 Å². The van der Waals surface area contributed by atoms with Gasteiger partial charge in [-0.15, -0.1) is 11.3 Å². The van der Waals surface area contributed by atoms with Gasteiger partial charge in [0.15, 0.2) is 5.13 Å². The molecular weight excluding hydrogens is 314 g/mol. The number of aromatic nitrogens is 3. The molecule has 0 fully saturated rings. The molecule has 0 aliphatic heterocycles. The van der Waals surface area contributed by atoms with Crippen LogP contribution in [0.5, 0.6) is 0 Å². The number of hydrogen-bond acceptors (Lipinski definition) is 7. The van der Waals surface area contributed by atoms with E-state index in [9.17, 15) is 24.3 Å². The van der Waals surface area contributed by atoms with E-state index >= 15 is 0 Å². The molecule has 0 unspecified atom stereocenters. The third-order valence-corrected chi connectivity index (χ3v) is 3.22. The molecule has 2 aromatic rings. The van der Waals surface area contributed by atoms with Gasteiger partial charge in [-0.05, 0) is 0 Å². The van der Waals surface area contributed by atoms with Gasteiger partial charge in [0.1, 0.15) is 11.6 Å². The van der Waals surface area contributed by atoms with Crippen LogP contribution in [0, 0.1) is 0 Å². The Balaban J connectivity index is 2.09. The minimum Gasteiger partial charge on any atom is -0.394 e. The van der Waals surface area contributed by atoms with Crippen LogP contribution in [0.2, 0.25) is 0 Å². The van der Waals surface area contributed by atoms with E-state index in [1.807, 2.05) is 4.98 Å². The highest BCUT2D eigenvalue weighted by Gasteiger charge is 2.22. The first-order valence-electron chi connectivity index (χ1n) is 5.95. The molecule has 2 rings (SSSR count). The number of carbonyl (C=O) groups excluding carboxylic acids is 2. The van der Waals surface area contributed by atoms with Crippen molar-refractivity contribution in [3.63, 3.8) is 0 Å². The number of aromatic amines is 2. The lowest BCUT2D eigenvalue weighted by Gasteiger charge is -2.14. The molecule has 0 saturated carbocycles. The first-order chi connectivity index (χ1) is 10.5. The molecule has 5 N–H and O–H groups in total. The molecule has 1 atom stereocenters.